The van der Waals surface area contributed by atoms with Crippen LogP contribution >= 0.6 is 11.3 Å². The number of carbonyl (C=O) groups is 1. The van der Waals surface area contributed by atoms with Crippen LogP contribution in [0.1, 0.15) is 22.6 Å². The number of rotatable bonds is 5. The zero-order valence-electron chi connectivity index (χ0n) is 13.6. The van der Waals surface area contributed by atoms with E-state index in [1.807, 2.05) is 38.4 Å². The third-order valence-electron chi connectivity index (χ3n) is 3.60. The molecule has 0 spiro atoms. The molecule has 0 aromatic carbocycles. The quantitative estimate of drug-likeness (QED) is 0.524. The molecule has 0 bridgehead atoms. The zero-order valence-corrected chi connectivity index (χ0v) is 14.5. The second kappa shape index (κ2) is 6.84. The van der Waals surface area contributed by atoms with Crippen molar-refractivity contribution in [3.63, 3.8) is 0 Å². The molecule has 3 rings (SSSR count). The molecule has 0 aliphatic rings. The van der Waals surface area contributed by atoms with Crippen molar-refractivity contribution >= 4 is 23.4 Å². The Morgan fingerprint density at radius 1 is 1.46 bits per heavy atom. The van der Waals surface area contributed by atoms with Gasteiger partial charge in [-0.2, -0.15) is 5.10 Å². The van der Waals surface area contributed by atoms with Crippen LogP contribution in [0, 0.1) is 13.8 Å². The first-order chi connectivity index (χ1) is 11.5. The molecule has 0 radical (unpaired) electrons. The fourth-order valence-electron chi connectivity index (χ4n) is 2.26. The molecule has 7 heteroatoms. The Labute approximate surface area is 143 Å². The van der Waals surface area contributed by atoms with E-state index in [1.165, 1.54) is 12.3 Å². The van der Waals surface area contributed by atoms with Crippen LogP contribution in [0.3, 0.4) is 0 Å². The summed E-state index contributed by atoms with van der Waals surface area (Å²) in [6.07, 6.45) is 4.62. The second-order valence-electron chi connectivity index (χ2n) is 5.27. The molecule has 0 N–H and O–H groups in total. The van der Waals surface area contributed by atoms with Gasteiger partial charge in [0.2, 0.25) is 5.89 Å². The molecule has 0 unspecified atom stereocenters. The molecule has 3 aromatic rings. The number of hydrogen-bond donors (Lipinski definition) is 0. The Hall–Kier alpha value is -2.67. The SMILES string of the molecule is Cc1nn(C)c(C)c1/C=C/C(=O)OCc1coc(-c2cccs2)n1. The maximum absolute atomic E-state index is 11.9. The van der Waals surface area contributed by atoms with Gasteiger partial charge in [0.15, 0.2) is 0 Å². The molecule has 0 atom stereocenters. The predicted octanol–water partition coefficient (Wildman–Crippen LogP) is 3.51. The van der Waals surface area contributed by atoms with Crippen molar-refractivity contribution in [3.05, 3.63) is 52.5 Å². The fourth-order valence-corrected chi connectivity index (χ4v) is 2.92. The summed E-state index contributed by atoms with van der Waals surface area (Å²) in [6.45, 7) is 3.93. The van der Waals surface area contributed by atoms with E-state index in [4.69, 9.17) is 9.15 Å². The van der Waals surface area contributed by atoms with Crippen LogP contribution in [-0.4, -0.2) is 20.7 Å². The van der Waals surface area contributed by atoms with Gasteiger partial charge in [-0.1, -0.05) is 6.07 Å². The smallest absolute Gasteiger partial charge is 0.331 e. The molecular formula is C17H17N3O3S. The van der Waals surface area contributed by atoms with Gasteiger partial charge in [-0.25, -0.2) is 9.78 Å². The van der Waals surface area contributed by atoms with Gasteiger partial charge in [0, 0.05) is 24.4 Å². The number of ether oxygens (including phenoxy) is 1. The monoisotopic (exact) mass is 343 g/mol. The lowest BCUT2D eigenvalue weighted by atomic mass is 10.2. The lowest BCUT2D eigenvalue weighted by Gasteiger charge is -1.98. The molecule has 0 saturated carbocycles. The van der Waals surface area contributed by atoms with Crippen LogP contribution in [0.25, 0.3) is 16.8 Å². The standard InChI is InChI=1S/C17H17N3O3S/c1-11-14(12(2)20(3)19-11)6-7-16(21)22-9-13-10-23-17(18-13)15-5-4-8-24-15/h4-8,10H,9H2,1-3H3/b7-6+. The minimum atomic E-state index is -0.432. The van der Waals surface area contributed by atoms with Crippen molar-refractivity contribution in [1.82, 2.24) is 14.8 Å². The van der Waals surface area contributed by atoms with Gasteiger partial charge in [-0.3, -0.25) is 4.68 Å². The highest BCUT2D eigenvalue weighted by atomic mass is 32.1. The highest BCUT2D eigenvalue weighted by Gasteiger charge is 2.10. The normalized spacial score (nSPS) is 11.3. The number of thiophene rings is 1. The first-order valence-electron chi connectivity index (χ1n) is 7.38. The molecule has 124 valence electrons. The summed E-state index contributed by atoms with van der Waals surface area (Å²) in [4.78, 5) is 17.1. The molecule has 0 fully saturated rings. The average molecular weight is 343 g/mol. The molecular weight excluding hydrogens is 326 g/mol. The van der Waals surface area contributed by atoms with Crippen LogP contribution < -0.4 is 0 Å². The number of esters is 1. The van der Waals surface area contributed by atoms with Crippen LogP contribution in [0.2, 0.25) is 0 Å². The summed E-state index contributed by atoms with van der Waals surface area (Å²) >= 11 is 1.54. The largest absolute Gasteiger partial charge is 0.456 e. The number of aryl methyl sites for hydroxylation is 2. The fraction of sp³-hybridized carbons (Fsp3) is 0.235. The van der Waals surface area contributed by atoms with Crippen molar-refractivity contribution in [2.45, 2.75) is 20.5 Å². The molecule has 0 aliphatic heterocycles. The summed E-state index contributed by atoms with van der Waals surface area (Å²) in [7, 11) is 1.87. The van der Waals surface area contributed by atoms with E-state index in [0.717, 1.165) is 21.8 Å². The van der Waals surface area contributed by atoms with Crippen molar-refractivity contribution in [2.75, 3.05) is 0 Å². The predicted molar refractivity (Wildman–Crippen MR) is 91.3 cm³/mol. The second-order valence-corrected chi connectivity index (χ2v) is 6.22. The Kier molecular flexibility index (Phi) is 4.61. The first-order valence-corrected chi connectivity index (χ1v) is 8.26. The lowest BCUT2D eigenvalue weighted by molar-refractivity contribution is -0.139. The van der Waals surface area contributed by atoms with E-state index in [9.17, 15) is 4.79 Å². The molecule has 0 amide bonds. The minimum Gasteiger partial charge on any atom is -0.456 e. The third kappa shape index (κ3) is 3.46. The summed E-state index contributed by atoms with van der Waals surface area (Å²) in [6, 6.07) is 3.85. The average Bonchev–Trinajstić information content (AvgIpc) is 3.27. The van der Waals surface area contributed by atoms with Gasteiger partial charge < -0.3 is 9.15 Å². The molecule has 0 aliphatic carbocycles. The number of carbonyl (C=O) groups excluding carboxylic acids is 1. The highest BCUT2D eigenvalue weighted by Crippen LogP contribution is 2.23. The van der Waals surface area contributed by atoms with Crippen molar-refractivity contribution in [2.24, 2.45) is 7.05 Å². The molecule has 0 saturated heterocycles. The van der Waals surface area contributed by atoms with E-state index < -0.39 is 5.97 Å². The van der Waals surface area contributed by atoms with E-state index >= 15 is 0 Å². The van der Waals surface area contributed by atoms with E-state index in [1.54, 1.807) is 22.1 Å². The Morgan fingerprint density at radius 3 is 2.96 bits per heavy atom. The maximum atomic E-state index is 11.9. The van der Waals surface area contributed by atoms with Gasteiger partial charge >= 0.3 is 5.97 Å². The van der Waals surface area contributed by atoms with Gasteiger partial charge in [0.25, 0.3) is 0 Å². The lowest BCUT2D eigenvalue weighted by Crippen LogP contribution is -2.01. The van der Waals surface area contributed by atoms with Crippen LogP contribution in [-0.2, 0) is 23.2 Å². The van der Waals surface area contributed by atoms with E-state index in [0.29, 0.717) is 11.6 Å². The van der Waals surface area contributed by atoms with Gasteiger partial charge in [0.1, 0.15) is 18.6 Å². The van der Waals surface area contributed by atoms with Crippen molar-refractivity contribution < 1.29 is 13.9 Å². The Morgan fingerprint density at radius 2 is 2.29 bits per heavy atom. The number of aromatic nitrogens is 3. The molecule has 6 nitrogen and oxygen atoms in total. The summed E-state index contributed by atoms with van der Waals surface area (Å²) < 4.78 is 12.4. The zero-order chi connectivity index (χ0) is 17.1. The summed E-state index contributed by atoms with van der Waals surface area (Å²) in [5, 5.41) is 6.25. The molecule has 3 heterocycles. The first kappa shape index (κ1) is 16.2. The van der Waals surface area contributed by atoms with Crippen LogP contribution in [0.15, 0.2) is 34.3 Å². The van der Waals surface area contributed by atoms with E-state index in [2.05, 4.69) is 10.1 Å². The summed E-state index contributed by atoms with van der Waals surface area (Å²) in [5.41, 5.74) is 3.37. The van der Waals surface area contributed by atoms with Crippen LogP contribution in [0.5, 0.6) is 0 Å². The highest BCUT2D eigenvalue weighted by molar-refractivity contribution is 7.13. The van der Waals surface area contributed by atoms with E-state index in [-0.39, 0.29) is 6.61 Å². The maximum Gasteiger partial charge on any atom is 0.331 e. The third-order valence-corrected chi connectivity index (χ3v) is 4.45. The Balaban J connectivity index is 1.59. The number of hydrogen-bond acceptors (Lipinski definition) is 6. The van der Waals surface area contributed by atoms with Crippen LogP contribution in [0.4, 0.5) is 0 Å². The molecule has 24 heavy (non-hydrogen) atoms. The van der Waals surface area contributed by atoms with Gasteiger partial charge in [-0.15, -0.1) is 11.3 Å². The van der Waals surface area contributed by atoms with Crippen molar-refractivity contribution in [1.29, 1.82) is 0 Å². The topological polar surface area (TPSA) is 70.2 Å². The van der Waals surface area contributed by atoms with Gasteiger partial charge in [-0.05, 0) is 31.4 Å². The Bertz CT molecular complexity index is 875. The van der Waals surface area contributed by atoms with Crippen molar-refractivity contribution in [3.8, 4) is 10.8 Å². The van der Waals surface area contributed by atoms with Gasteiger partial charge in [0.05, 0.1) is 10.6 Å². The number of oxazole rings is 1. The summed E-state index contributed by atoms with van der Waals surface area (Å²) in [5.74, 6) is 0.103. The number of nitrogens with zero attached hydrogens (tertiary/aromatic N) is 3. The molecule has 3 aromatic heterocycles. The minimum absolute atomic E-state index is 0.0725.